The van der Waals surface area contributed by atoms with Gasteiger partial charge in [-0.2, -0.15) is 4.98 Å². The highest BCUT2D eigenvalue weighted by molar-refractivity contribution is 7.09. The molecule has 5 nitrogen and oxygen atoms in total. The first kappa shape index (κ1) is 14.0. The van der Waals surface area contributed by atoms with Crippen molar-refractivity contribution < 1.29 is 0 Å². The normalized spacial score (nSPS) is 10.5. The molecule has 0 aliphatic carbocycles. The number of aryl methyl sites for hydroxylation is 1. The van der Waals surface area contributed by atoms with E-state index in [-0.39, 0.29) is 0 Å². The number of nitrogens with one attached hydrogen (secondary N) is 2. The smallest absolute Gasteiger partial charge is 0.224 e. The van der Waals surface area contributed by atoms with Crippen LogP contribution in [0.2, 0.25) is 5.02 Å². The van der Waals surface area contributed by atoms with E-state index in [4.69, 9.17) is 11.6 Å². The van der Waals surface area contributed by atoms with Crippen LogP contribution in [0.25, 0.3) is 0 Å². The van der Waals surface area contributed by atoms with Crippen molar-refractivity contribution >= 4 is 34.7 Å². The van der Waals surface area contributed by atoms with Gasteiger partial charge in [0.05, 0.1) is 23.9 Å². The van der Waals surface area contributed by atoms with Crippen molar-refractivity contribution in [3.63, 3.8) is 0 Å². The van der Waals surface area contributed by atoms with Gasteiger partial charge in [-0.25, -0.2) is 9.97 Å². The molecule has 0 atom stereocenters. The zero-order valence-electron chi connectivity index (χ0n) is 10.9. The van der Waals surface area contributed by atoms with E-state index in [2.05, 4.69) is 32.5 Å². The van der Waals surface area contributed by atoms with Gasteiger partial charge in [0.15, 0.2) is 5.82 Å². The summed E-state index contributed by atoms with van der Waals surface area (Å²) in [5, 5.41) is 6.87. The number of thiazole rings is 1. The summed E-state index contributed by atoms with van der Waals surface area (Å²) >= 11 is 7.70. The molecule has 7 heteroatoms. The van der Waals surface area contributed by atoms with E-state index < -0.39 is 0 Å². The van der Waals surface area contributed by atoms with E-state index in [1.807, 2.05) is 12.4 Å². The number of rotatable bonds is 6. The summed E-state index contributed by atoms with van der Waals surface area (Å²) in [4.78, 5) is 13.9. The van der Waals surface area contributed by atoms with Gasteiger partial charge in [0.1, 0.15) is 5.02 Å². The molecule has 0 radical (unpaired) electrons. The monoisotopic (exact) mass is 297 g/mol. The molecule has 0 bridgehead atoms. The molecule has 2 aromatic heterocycles. The first-order valence-corrected chi connectivity index (χ1v) is 7.35. The Labute approximate surface area is 121 Å². The topological polar surface area (TPSA) is 62.7 Å². The molecular weight excluding hydrogens is 282 g/mol. The first-order chi connectivity index (χ1) is 9.20. The van der Waals surface area contributed by atoms with Crippen molar-refractivity contribution in [3.05, 3.63) is 27.3 Å². The third kappa shape index (κ3) is 3.78. The summed E-state index contributed by atoms with van der Waals surface area (Å²) in [5.41, 5.74) is 2.87. The molecule has 19 heavy (non-hydrogen) atoms. The van der Waals surface area contributed by atoms with Gasteiger partial charge in [-0.1, -0.05) is 18.5 Å². The van der Waals surface area contributed by atoms with Crippen molar-refractivity contribution in [1.82, 2.24) is 15.0 Å². The second-order valence-corrected chi connectivity index (χ2v) is 5.38. The van der Waals surface area contributed by atoms with Crippen LogP contribution in [-0.2, 0) is 6.54 Å². The molecule has 0 aromatic carbocycles. The number of hydrogen-bond acceptors (Lipinski definition) is 6. The average Bonchev–Trinajstić information content (AvgIpc) is 2.82. The highest BCUT2D eigenvalue weighted by atomic mass is 35.5. The van der Waals surface area contributed by atoms with Crippen molar-refractivity contribution in [2.75, 3.05) is 17.2 Å². The Balaban J connectivity index is 2.04. The predicted molar refractivity (Wildman–Crippen MR) is 80.0 cm³/mol. The van der Waals surface area contributed by atoms with Crippen molar-refractivity contribution in [3.8, 4) is 0 Å². The van der Waals surface area contributed by atoms with Crippen LogP contribution in [0.4, 0.5) is 11.8 Å². The molecule has 0 aliphatic rings. The minimum atomic E-state index is 0.518. The van der Waals surface area contributed by atoms with Crippen LogP contribution in [-0.4, -0.2) is 21.5 Å². The third-order valence-electron chi connectivity index (χ3n) is 2.54. The fourth-order valence-electron chi connectivity index (χ4n) is 1.47. The molecule has 0 saturated heterocycles. The summed E-state index contributed by atoms with van der Waals surface area (Å²) in [6, 6.07) is 0. The Morgan fingerprint density at radius 2 is 2.16 bits per heavy atom. The van der Waals surface area contributed by atoms with Crippen molar-refractivity contribution in [2.24, 2.45) is 0 Å². The molecule has 2 aromatic rings. The second kappa shape index (κ2) is 6.68. The lowest BCUT2D eigenvalue weighted by molar-refractivity contribution is 0.950. The van der Waals surface area contributed by atoms with Crippen LogP contribution in [0, 0.1) is 6.92 Å². The van der Waals surface area contributed by atoms with E-state index in [1.54, 1.807) is 17.5 Å². The zero-order chi connectivity index (χ0) is 13.7. The number of halogens is 1. The molecule has 0 saturated carbocycles. The number of hydrogen-bond donors (Lipinski definition) is 2. The molecule has 0 amide bonds. The van der Waals surface area contributed by atoms with Crippen molar-refractivity contribution in [2.45, 2.75) is 26.8 Å². The van der Waals surface area contributed by atoms with Crippen LogP contribution in [0.5, 0.6) is 0 Å². The Morgan fingerprint density at radius 1 is 1.32 bits per heavy atom. The minimum absolute atomic E-state index is 0.518. The maximum Gasteiger partial charge on any atom is 0.224 e. The fourth-order valence-corrected chi connectivity index (χ4v) is 2.35. The number of anilines is 2. The highest BCUT2D eigenvalue weighted by Crippen LogP contribution is 2.21. The standard InChI is InChI=1S/C12H16ClN5S/c1-3-4-14-12-16-5-9(13)11(18-12)15-6-10-8(2)17-7-19-10/h5,7H,3-4,6H2,1-2H3,(H2,14,15,16,18). The summed E-state index contributed by atoms with van der Waals surface area (Å²) in [5.74, 6) is 1.23. The minimum Gasteiger partial charge on any atom is -0.364 e. The zero-order valence-corrected chi connectivity index (χ0v) is 12.5. The van der Waals surface area contributed by atoms with Gasteiger partial charge in [0.2, 0.25) is 5.95 Å². The summed E-state index contributed by atoms with van der Waals surface area (Å²) in [6.45, 7) is 5.59. The predicted octanol–water partition coefficient (Wildman–Crippen LogP) is 3.33. The first-order valence-electron chi connectivity index (χ1n) is 6.10. The molecule has 0 unspecified atom stereocenters. The second-order valence-electron chi connectivity index (χ2n) is 4.03. The fraction of sp³-hybridized carbons (Fsp3) is 0.417. The molecular formula is C12H16ClN5S. The van der Waals surface area contributed by atoms with E-state index in [0.717, 1.165) is 18.7 Å². The largest absolute Gasteiger partial charge is 0.364 e. The SMILES string of the molecule is CCCNc1ncc(Cl)c(NCc2scnc2C)n1. The van der Waals surface area contributed by atoms with E-state index in [1.165, 1.54) is 4.88 Å². The molecule has 2 heterocycles. The Bertz CT molecular complexity index is 543. The molecule has 2 rings (SSSR count). The summed E-state index contributed by atoms with van der Waals surface area (Å²) in [7, 11) is 0. The van der Waals surface area contributed by atoms with E-state index in [0.29, 0.717) is 23.3 Å². The van der Waals surface area contributed by atoms with E-state index >= 15 is 0 Å². The van der Waals surface area contributed by atoms with Gasteiger partial charge in [0, 0.05) is 11.4 Å². The average molecular weight is 298 g/mol. The number of aromatic nitrogens is 3. The van der Waals surface area contributed by atoms with Gasteiger partial charge in [-0.15, -0.1) is 11.3 Å². The van der Waals surface area contributed by atoms with Crippen LogP contribution >= 0.6 is 22.9 Å². The lowest BCUT2D eigenvalue weighted by Crippen LogP contribution is -2.08. The Kier molecular flexibility index (Phi) is 4.93. The summed E-state index contributed by atoms with van der Waals surface area (Å²) in [6.07, 6.45) is 2.63. The highest BCUT2D eigenvalue weighted by Gasteiger charge is 2.07. The maximum absolute atomic E-state index is 6.08. The maximum atomic E-state index is 6.08. The quantitative estimate of drug-likeness (QED) is 0.856. The Morgan fingerprint density at radius 3 is 2.84 bits per heavy atom. The Hall–Kier alpha value is -1.40. The molecule has 102 valence electrons. The summed E-state index contributed by atoms with van der Waals surface area (Å²) < 4.78 is 0. The van der Waals surface area contributed by atoms with Crippen LogP contribution in [0.15, 0.2) is 11.7 Å². The molecule has 2 N–H and O–H groups in total. The lowest BCUT2D eigenvalue weighted by Gasteiger charge is -2.09. The van der Waals surface area contributed by atoms with Gasteiger partial charge >= 0.3 is 0 Å². The lowest BCUT2D eigenvalue weighted by atomic mass is 10.4. The van der Waals surface area contributed by atoms with Gasteiger partial charge in [-0.05, 0) is 13.3 Å². The van der Waals surface area contributed by atoms with Crippen LogP contribution < -0.4 is 10.6 Å². The van der Waals surface area contributed by atoms with Gasteiger partial charge in [0.25, 0.3) is 0 Å². The van der Waals surface area contributed by atoms with Gasteiger partial charge < -0.3 is 10.6 Å². The number of nitrogens with zero attached hydrogens (tertiary/aromatic N) is 3. The van der Waals surface area contributed by atoms with E-state index in [9.17, 15) is 0 Å². The third-order valence-corrected chi connectivity index (χ3v) is 3.75. The molecule has 0 fully saturated rings. The van der Waals surface area contributed by atoms with Crippen LogP contribution in [0.1, 0.15) is 23.9 Å². The van der Waals surface area contributed by atoms with Gasteiger partial charge in [-0.3, -0.25) is 0 Å². The molecule has 0 aliphatic heterocycles. The molecule has 0 spiro atoms. The van der Waals surface area contributed by atoms with Crippen molar-refractivity contribution in [1.29, 1.82) is 0 Å². The van der Waals surface area contributed by atoms with Crippen LogP contribution in [0.3, 0.4) is 0 Å².